The maximum absolute atomic E-state index is 12.3. The number of nitrogens with zero attached hydrogens (tertiary/aromatic N) is 1. The molecule has 3 N–H and O–H groups in total. The van der Waals surface area contributed by atoms with Crippen molar-refractivity contribution in [2.24, 2.45) is 0 Å². The number of carbonyl (C=O) groups excluding carboxylic acids is 1. The first-order chi connectivity index (χ1) is 9.58. The van der Waals surface area contributed by atoms with Crippen LogP contribution in [0.15, 0.2) is 18.2 Å². The summed E-state index contributed by atoms with van der Waals surface area (Å²) in [7, 11) is 0. The van der Waals surface area contributed by atoms with E-state index < -0.39 is 0 Å². The molecule has 20 heavy (non-hydrogen) atoms. The number of rotatable bonds is 3. The Morgan fingerprint density at radius 2 is 2.25 bits per heavy atom. The summed E-state index contributed by atoms with van der Waals surface area (Å²) in [6.45, 7) is 3.89. The third-order valence-electron chi connectivity index (χ3n) is 3.45. The number of benzene rings is 1. The molecule has 1 heterocycles. The zero-order valence-electron chi connectivity index (χ0n) is 11.6. The van der Waals surface area contributed by atoms with Gasteiger partial charge in [0.2, 0.25) is 5.91 Å². The number of carbonyl (C=O) groups is 1. The molecule has 1 atom stereocenters. The van der Waals surface area contributed by atoms with Crippen molar-refractivity contribution in [1.82, 2.24) is 4.90 Å². The molecule has 1 fully saturated rings. The van der Waals surface area contributed by atoms with E-state index >= 15 is 0 Å². The molecule has 4 nitrogen and oxygen atoms in total. The lowest BCUT2D eigenvalue weighted by atomic mass is 10.2. The highest BCUT2D eigenvalue weighted by atomic mass is 35.5. The Kier molecular flexibility index (Phi) is 5.57. The van der Waals surface area contributed by atoms with Crippen LogP contribution in [0.4, 0.5) is 11.4 Å². The van der Waals surface area contributed by atoms with Crippen molar-refractivity contribution >= 4 is 40.6 Å². The van der Waals surface area contributed by atoms with Crippen LogP contribution in [0.1, 0.15) is 13.3 Å². The normalized spacial score (nSPS) is 18.3. The molecule has 1 unspecified atom stereocenters. The van der Waals surface area contributed by atoms with E-state index in [0.717, 1.165) is 25.3 Å². The predicted octanol–water partition coefficient (Wildman–Crippen LogP) is 2.69. The van der Waals surface area contributed by atoms with E-state index in [0.29, 0.717) is 16.4 Å². The van der Waals surface area contributed by atoms with Crippen LogP contribution in [0.25, 0.3) is 0 Å². The fourth-order valence-corrected chi connectivity index (χ4v) is 3.21. The van der Waals surface area contributed by atoms with E-state index in [-0.39, 0.29) is 11.9 Å². The van der Waals surface area contributed by atoms with Crippen molar-refractivity contribution < 1.29 is 4.79 Å². The Labute approximate surface area is 129 Å². The second kappa shape index (κ2) is 7.20. The fourth-order valence-electron chi connectivity index (χ4n) is 2.19. The molecule has 0 radical (unpaired) electrons. The average Bonchev–Trinajstić information content (AvgIpc) is 2.71. The zero-order valence-corrected chi connectivity index (χ0v) is 13.1. The highest BCUT2D eigenvalue weighted by Crippen LogP contribution is 2.22. The smallest absolute Gasteiger partial charge is 0.241 e. The molecule has 0 spiro atoms. The standard InChI is InChI=1S/C14H20ClN3OS/c1-10(18-5-2-7-20-8-6-18)14(19)17-11-3-4-12(15)13(16)9-11/h3-4,9-10H,2,5-8,16H2,1H3,(H,17,19). The highest BCUT2D eigenvalue weighted by Gasteiger charge is 2.22. The Morgan fingerprint density at radius 3 is 3.00 bits per heavy atom. The largest absolute Gasteiger partial charge is 0.397 e. The lowest BCUT2D eigenvalue weighted by molar-refractivity contribution is -0.120. The van der Waals surface area contributed by atoms with Gasteiger partial charge in [-0.1, -0.05) is 11.6 Å². The van der Waals surface area contributed by atoms with Crippen molar-refractivity contribution in [2.75, 3.05) is 35.6 Å². The Morgan fingerprint density at radius 1 is 1.45 bits per heavy atom. The lowest BCUT2D eigenvalue weighted by Crippen LogP contribution is -2.43. The number of halogens is 1. The monoisotopic (exact) mass is 313 g/mol. The topological polar surface area (TPSA) is 58.4 Å². The van der Waals surface area contributed by atoms with Crippen LogP contribution in [0.2, 0.25) is 5.02 Å². The molecule has 6 heteroatoms. The Hall–Kier alpha value is -0.910. The van der Waals surface area contributed by atoms with Crippen LogP contribution < -0.4 is 11.1 Å². The summed E-state index contributed by atoms with van der Waals surface area (Å²) in [6, 6.07) is 5.01. The van der Waals surface area contributed by atoms with Crippen molar-refractivity contribution in [3.63, 3.8) is 0 Å². The highest BCUT2D eigenvalue weighted by molar-refractivity contribution is 7.99. The SMILES string of the molecule is CC(C(=O)Nc1ccc(Cl)c(N)c1)N1CCCSCC1. The second-order valence-electron chi connectivity index (χ2n) is 4.90. The Balaban J connectivity index is 1.97. The number of anilines is 2. The lowest BCUT2D eigenvalue weighted by Gasteiger charge is -2.26. The molecule has 1 aliphatic heterocycles. The molecule has 1 amide bonds. The molecule has 1 aliphatic rings. The maximum atomic E-state index is 12.3. The summed E-state index contributed by atoms with van der Waals surface area (Å²) < 4.78 is 0. The van der Waals surface area contributed by atoms with Crippen LogP contribution in [-0.4, -0.2) is 41.4 Å². The fraction of sp³-hybridized carbons (Fsp3) is 0.500. The number of thioether (sulfide) groups is 1. The van der Waals surface area contributed by atoms with E-state index in [2.05, 4.69) is 10.2 Å². The number of nitrogens with two attached hydrogens (primary N) is 1. The number of nitrogens with one attached hydrogen (secondary N) is 1. The van der Waals surface area contributed by atoms with Gasteiger partial charge in [-0.3, -0.25) is 9.69 Å². The van der Waals surface area contributed by atoms with E-state index in [1.807, 2.05) is 18.7 Å². The van der Waals surface area contributed by atoms with Gasteiger partial charge in [-0.15, -0.1) is 0 Å². The van der Waals surface area contributed by atoms with E-state index in [1.54, 1.807) is 18.2 Å². The van der Waals surface area contributed by atoms with Crippen molar-refractivity contribution in [3.05, 3.63) is 23.2 Å². The first-order valence-corrected chi connectivity index (χ1v) is 8.29. The third kappa shape index (κ3) is 4.04. The predicted molar refractivity (Wildman–Crippen MR) is 87.5 cm³/mol. The summed E-state index contributed by atoms with van der Waals surface area (Å²) >= 11 is 7.82. The minimum Gasteiger partial charge on any atom is -0.397 e. The summed E-state index contributed by atoms with van der Waals surface area (Å²) in [5.74, 6) is 2.27. The molecular formula is C14H20ClN3OS. The minimum absolute atomic E-state index is 0.00128. The van der Waals surface area contributed by atoms with Gasteiger partial charge in [0.1, 0.15) is 0 Å². The molecule has 110 valence electrons. The van der Waals surface area contributed by atoms with Gasteiger partial charge in [0.05, 0.1) is 16.8 Å². The molecular weight excluding hydrogens is 294 g/mol. The molecule has 0 aliphatic carbocycles. The van der Waals surface area contributed by atoms with Gasteiger partial charge < -0.3 is 11.1 Å². The van der Waals surface area contributed by atoms with Crippen molar-refractivity contribution in [1.29, 1.82) is 0 Å². The molecule has 1 aromatic rings. The average molecular weight is 314 g/mol. The summed E-state index contributed by atoms with van der Waals surface area (Å²) in [4.78, 5) is 14.5. The van der Waals surface area contributed by atoms with Crippen LogP contribution >= 0.6 is 23.4 Å². The van der Waals surface area contributed by atoms with E-state index in [1.165, 1.54) is 5.75 Å². The van der Waals surface area contributed by atoms with Gasteiger partial charge in [0.25, 0.3) is 0 Å². The van der Waals surface area contributed by atoms with Gasteiger partial charge in [-0.2, -0.15) is 11.8 Å². The van der Waals surface area contributed by atoms with Gasteiger partial charge >= 0.3 is 0 Å². The van der Waals surface area contributed by atoms with Crippen LogP contribution in [0, 0.1) is 0 Å². The van der Waals surface area contributed by atoms with Crippen LogP contribution in [-0.2, 0) is 4.79 Å². The molecule has 0 bridgehead atoms. The van der Waals surface area contributed by atoms with Gasteiger partial charge in [0.15, 0.2) is 0 Å². The molecule has 0 saturated carbocycles. The van der Waals surface area contributed by atoms with E-state index in [9.17, 15) is 4.79 Å². The van der Waals surface area contributed by atoms with Gasteiger partial charge in [-0.05, 0) is 43.8 Å². The minimum atomic E-state index is -0.134. The van der Waals surface area contributed by atoms with Crippen molar-refractivity contribution in [2.45, 2.75) is 19.4 Å². The van der Waals surface area contributed by atoms with Crippen LogP contribution in [0.3, 0.4) is 0 Å². The number of amides is 1. The third-order valence-corrected chi connectivity index (χ3v) is 4.84. The molecule has 2 rings (SSSR count). The number of nitrogen functional groups attached to an aromatic ring is 1. The zero-order chi connectivity index (χ0) is 14.5. The number of hydrogen-bond acceptors (Lipinski definition) is 4. The molecule has 1 saturated heterocycles. The molecule has 0 aromatic heterocycles. The number of hydrogen-bond donors (Lipinski definition) is 2. The second-order valence-corrected chi connectivity index (χ2v) is 6.54. The quantitative estimate of drug-likeness (QED) is 0.842. The Bertz CT molecular complexity index is 475. The summed E-state index contributed by atoms with van der Waals surface area (Å²) in [5.41, 5.74) is 6.90. The van der Waals surface area contributed by atoms with Crippen LogP contribution in [0.5, 0.6) is 0 Å². The summed E-state index contributed by atoms with van der Waals surface area (Å²) in [6.07, 6.45) is 1.14. The van der Waals surface area contributed by atoms with Crippen molar-refractivity contribution in [3.8, 4) is 0 Å². The molecule has 1 aromatic carbocycles. The first kappa shape index (κ1) is 15.5. The maximum Gasteiger partial charge on any atom is 0.241 e. The van der Waals surface area contributed by atoms with Gasteiger partial charge in [0, 0.05) is 18.0 Å². The van der Waals surface area contributed by atoms with Gasteiger partial charge in [-0.25, -0.2) is 0 Å². The first-order valence-electron chi connectivity index (χ1n) is 6.75. The summed E-state index contributed by atoms with van der Waals surface area (Å²) in [5, 5.41) is 3.40. The van der Waals surface area contributed by atoms with E-state index in [4.69, 9.17) is 17.3 Å².